The van der Waals surface area contributed by atoms with Crippen molar-refractivity contribution in [1.82, 2.24) is 10.3 Å². The molecule has 11 heteroatoms. The summed E-state index contributed by atoms with van der Waals surface area (Å²) in [7, 11) is 0. The van der Waals surface area contributed by atoms with Gasteiger partial charge in [0.1, 0.15) is 11.7 Å². The minimum absolute atomic E-state index is 0.0287. The van der Waals surface area contributed by atoms with Crippen LogP contribution in [0, 0.1) is 4.91 Å². The number of aliphatic imine (C=N–C) groups is 1. The highest BCUT2D eigenvalue weighted by Crippen LogP contribution is 2.36. The zero-order valence-corrected chi connectivity index (χ0v) is 19.8. The molecule has 8 N–H and O–H groups in total. The summed E-state index contributed by atoms with van der Waals surface area (Å²) in [6.07, 6.45) is 0.683. The number of nitrogens with two attached hydrogens (primary N) is 3. The number of fused-ring (bicyclic) bond motifs is 2. The lowest BCUT2D eigenvalue weighted by Crippen LogP contribution is -2.44. The largest absolute Gasteiger partial charge is 0.370 e. The molecule has 0 bridgehead atoms. The third kappa shape index (κ3) is 5.78. The van der Waals surface area contributed by atoms with E-state index in [1.54, 1.807) is 6.07 Å². The molecule has 1 unspecified atom stereocenters. The van der Waals surface area contributed by atoms with Gasteiger partial charge in [0.25, 0.3) is 5.91 Å². The van der Waals surface area contributed by atoms with E-state index in [1.165, 1.54) is 12.1 Å². The number of hydrogen-bond acceptors (Lipinski definition) is 7. The predicted octanol–water partition coefficient (Wildman–Crippen LogP) is 3.17. The number of anilines is 2. The van der Waals surface area contributed by atoms with Gasteiger partial charge in [0, 0.05) is 22.9 Å². The van der Waals surface area contributed by atoms with Crippen molar-refractivity contribution in [3.8, 4) is 0 Å². The number of guanidine groups is 1. The maximum absolute atomic E-state index is 12.8. The molecule has 0 aliphatic rings. The van der Waals surface area contributed by atoms with Crippen molar-refractivity contribution in [3.05, 3.63) is 77.2 Å². The monoisotopic (exact) mass is 498 g/mol. The third-order valence-corrected chi connectivity index (χ3v) is 5.80. The summed E-state index contributed by atoms with van der Waals surface area (Å²) in [5.41, 5.74) is 19.0. The number of benzene rings is 3. The minimum Gasteiger partial charge on any atom is -0.370 e. The quantitative estimate of drug-likeness (QED) is 0.0728. The van der Waals surface area contributed by atoms with Crippen molar-refractivity contribution in [2.45, 2.75) is 18.9 Å². The van der Waals surface area contributed by atoms with E-state index >= 15 is 0 Å². The average molecular weight is 499 g/mol. The molecule has 0 spiro atoms. The number of carbonyl (C=O) groups excluding carboxylic acids is 2. The number of primary amides is 1. The molecule has 0 radical (unpaired) electrons. The van der Waals surface area contributed by atoms with E-state index in [2.05, 4.69) is 20.8 Å². The van der Waals surface area contributed by atoms with Gasteiger partial charge in [0.15, 0.2) is 5.96 Å². The summed E-state index contributed by atoms with van der Waals surface area (Å²) in [5.74, 6) is -1.32. The Morgan fingerprint density at radius 1 is 0.919 bits per heavy atom. The summed E-state index contributed by atoms with van der Waals surface area (Å²) in [6, 6.07) is 18.9. The van der Waals surface area contributed by atoms with Gasteiger partial charge in [-0.1, -0.05) is 36.4 Å². The molecule has 2 amide bonds. The molecule has 1 heterocycles. The molecule has 0 aliphatic carbocycles. The van der Waals surface area contributed by atoms with Gasteiger partial charge < -0.3 is 27.8 Å². The molecule has 0 saturated carbocycles. The minimum atomic E-state index is -0.929. The molecule has 0 fully saturated rings. The first-order valence-corrected chi connectivity index (χ1v) is 11.5. The zero-order chi connectivity index (χ0) is 26.4. The standard InChI is InChI=1S/C26H26N8O3/c27-24(35)21(10-5-13-30-26(28)29)33-25(36)15-11-12-20(22(14-15)34-37)32-23-16-6-1-3-8-18(16)31-19-9-4-2-7-17(19)23/h1-4,6-9,11-12,14,21H,5,10,13H2,(H2,27,35)(H,31,32)(H,33,36)(H4,28,29,30). The number of aromatic nitrogens is 1. The Hall–Kier alpha value is -5.06. The van der Waals surface area contributed by atoms with Crippen LogP contribution in [0.1, 0.15) is 23.2 Å². The third-order valence-electron chi connectivity index (χ3n) is 5.80. The van der Waals surface area contributed by atoms with E-state index < -0.39 is 17.9 Å². The maximum Gasteiger partial charge on any atom is 0.252 e. The lowest BCUT2D eigenvalue weighted by Gasteiger charge is -2.16. The van der Waals surface area contributed by atoms with Crippen LogP contribution in [0.2, 0.25) is 0 Å². The predicted molar refractivity (Wildman–Crippen MR) is 145 cm³/mol. The Bertz CT molecular complexity index is 1460. The van der Waals surface area contributed by atoms with Crippen LogP contribution in [0.5, 0.6) is 0 Å². The number of rotatable bonds is 10. The lowest BCUT2D eigenvalue weighted by molar-refractivity contribution is -0.120. The van der Waals surface area contributed by atoms with Crippen LogP contribution in [0.15, 0.2) is 76.9 Å². The number of para-hydroxylation sites is 2. The van der Waals surface area contributed by atoms with Crippen molar-refractivity contribution in [1.29, 1.82) is 0 Å². The molecule has 4 aromatic rings. The molecule has 0 aliphatic heterocycles. The van der Waals surface area contributed by atoms with Crippen LogP contribution >= 0.6 is 0 Å². The second-order valence-electron chi connectivity index (χ2n) is 8.35. The molecule has 188 valence electrons. The van der Waals surface area contributed by atoms with E-state index in [0.29, 0.717) is 18.7 Å². The fourth-order valence-corrected chi connectivity index (χ4v) is 3.99. The molecule has 1 aromatic heterocycles. The van der Waals surface area contributed by atoms with Crippen LogP contribution < -0.4 is 27.8 Å². The number of carbonyl (C=O) groups is 2. The van der Waals surface area contributed by atoms with Crippen molar-refractivity contribution >= 4 is 56.6 Å². The number of nitrogens with one attached hydrogen (secondary N) is 2. The van der Waals surface area contributed by atoms with Crippen LogP contribution in [0.4, 0.5) is 17.1 Å². The summed E-state index contributed by atoms with van der Waals surface area (Å²) in [4.78, 5) is 44.9. The fourth-order valence-electron chi connectivity index (χ4n) is 3.99. The highest BCUT2D eigenvalue weighted by atomic mass is 16.3. The van der Waals surface area contributed by atoms with Crippen molar-refractivity contribution < 1.29 is 9.59 Å². The highest BCUT2D eigenvalue weighted by Gasteiger charge is 2.20. The van der Waals surface area contributed by atoms with Gasteiger partial charge in [0.05, 0.1) is 22.4 Å². The number of nitrogens with zero attached hydrogens (tertiary/aromatic N) is 3. The molecule has 3 aromatic carbocycles. The number of nitroso groups, excluding NO2 is 1. The van der Waals surface area contributed by atoms with Gasteiger partial charge >= 0.3 is 0 Å². The Morgan fingerprint density at radius 3 is 2.16 bits per heavy atom. The molecular formula is C26H26N8O3. The van der Waals surface area contributed by atoms with Crippen molar-refractivity contribution in [2.24, 2.45) is 27.4 Å². The van der Waals surface area contributed by atoms with E-state index in [9.17, 15) is 14.5 Å². The van der Waals surface area contributed by atoms with Gasteiger partial charge in [-0.25, -0.2) is 4.98 Å². The normalized spacial score (nSPS) is 11.6. The van der Waals surface area contributed by atoms with Crippen molar-refractivity contribution in [3.63, 3.8) is 0 Å². The topological polar surface area (TPSA) is 191 Å². The van der Waals surface area contributed by atoms with Gasteiger partial charge in [-0.05, 0) is 48.4 Å². The average Bonchev–Trinajstić information content (AvgIpc) is 2.90. The maximum atomic E-state index is 12.8. The first-order chi connectivity index (χ1) is 17.9. The van der Waals surface area contributed by atoms with Crippen molar-refractivity contribution in [2.75, 3.05) is 11.9 Å². The smallest absolute Gasteiger partial charge is 0.252 e. The van der Waals surface area contributed by atoms with Gasteiger partial charge in [0.2, 0.25) is 5.91 Å². The number of hydrogen-bond donors (Lipinski definition) is 5. The second-order valence-corrected chi connectivity index (χ2v) is 8.35. The zero-order valence-electron chi connectivity index (χ0n) is 19.8. The molecule has 0 saturated heterocycles. The van der Waals surface area contributed by atoms with Gasteiger partial charge in [-0.3, -0.25) is 14.6 Å². The van der Waals surface area contributed by atoms with E-state index in [0.717, 1.165) is 27.5 Å². The van der Waals surface area contributed by atoms with Crippen LogP contribution in [0.3, 0.4) is 0 Å². The summed E-state index contributed by atoms with van der Waals surface area (Å²) in [6.45, 7) is 0.292. The van der Waals surface area contributed by atoms with E-state index in [4.69, 9.17) is 22.2 Å². The van der Waals surface area contributed by atoms with Crippen LogP contribution in [0.25, 0.3) is 21.8 Å². The summed E-state index contributed by atoms with van der Waals surface area (Å²) in [5, 5.41) is 10.8. The molecule has 11 nitrogen and oxygen atoms in total. The van der Waals surface area contributed by atoms with E-state index in [-0.39, 0.29) is 23.6 Å². The second kappa shape index (κ2) is 11.1. The molecule has 37 heavy (non-hydrogen) atoms. The fraction of sp³-hybridized carbons (Fsp3) is 0.154. The Kier molecular flexibility index (Phi) is 7.53. The molecule has 4 rings (SSSR count). The highest BCUT2D eigenvalue weighted by molar-refractivity contribution is 6.09. The van der Waals surface area contributed by atoms with Crippen LogP contribution in [-0.2, 0) is 4.79 Å². The summed E-state index contributed by atoms with van der Waals surface area (Å²) >= 11 is 0. The first kappa shape index (κ1) is 25.0. The Labute approximate surface area is 212 Å². The lowest BCUT2D eigenvalue weighted by atomic mass is 10.1. The number of amides is 2. The van der Waals surface area contributed by atoms with E-state index in [1.807, 2.05) is 48.5 Å². The molecular weight excluding hydrogens is 472 g/mol. The number of pyridine rings is 1. The van der Waals surface area contributed by atoms with Gasteiger partial charge in [-0.2, -0.15) is 0 Å². The Balaban J connectivity index is 1.59. The first-order valence-electron chi connectivity index (χ1n) is 11.5. The van der Waals surface area contributed by atoms with Gasteiger partial charge in [-0.15, -0.1) is 4.91 Å². The summed E-state index contributed by atoms with van der Waals surface area (Å²) < 4.78 is 0. The molecule has 1 atom stereocenters. The Morgan fingerprint density at radius 2 is 1.57 bits per heavy atom. The van der Waals surface area contributed by atoms with Crippen LogP contribution in [-0.4, -0.2) is 35.3 Å². The SMILES string of the molecule is NC(=O)C(CCCN=C(N)N)NC(=O)c1ccc(Nc2c3ccccc3nc3ccccc23)c(N=O)c1.